The fraction of sp³-hybridized carbons (Fsp3) is 0.263. The van der Waals surface area contributed by atoms with Gasteiger partial charge in [0.05, 0.1) is 25.8 Å². The highest BCUT2D eigenvalue weighted by Gasteiger charge is 2.28. The zero-order chi connectivity index (χ0) is 18.7. The number of nitrogens with zero attached hydrogens (tertiary/aromatic N) is 2. The maximum absolute atomic E-state index is 12.3. The van der Waals surface area contributed by atoms with Gasteiger partial charge in [0.25, 0.3) is 0 Å². The maximum Gasteiger partial charge on any atom is 0.306 e. The lowest BCUT2D eigenvalue weighted by atomic mass is 9.92. The number of pyridine rings is 1. The van der Waals surface area contributed by atoms with Crippen molar-refractivity contribution in [1.82, 2.24) is 9.38 Å². The van der Waals surface area contributed by atoms with Crippen LogP contribution in [0.3, 0.4) is 0 Å². The van der Waals surface area contributed by atoms with Crippen LogP contribution < -0.4 is 4.74 Å². The van der Waals surface area contributed by atoms with Crippen molar-refractivity contribution in [3.05, 3.63) is 63.5 Å². The molecule has 0 aliphatic carbocycles. The number of hydrogen-bond donors (Lipinski definition) is 0. The number of carbonyl (C=O) groups is 1. The topological polar surface area (TPSA) is 52.8 Å². The second-order valence-corrected chi connectivity index (χ2v) is 6.94. The molecule has 1 unspecified atom stereocenters. The minimum Gasteiger partial charge on any atom is -0.496 e. The average Bonchev–Trinajstić information content (AvgIpc) is 2.95. The Morgan fingerprint density at radius 3 is 2.81 bits per heavy atom. The van der Waals surface area contributed by atoms with E-state index in [-0.39, 0.29) is 18.3 Å². The predicted octanol–water partition coefficient (Wildman–Crippen LogP) is 4.84. The highest BCUT2D eigenvalue weighted by molar-refractivity contribution is 9.10. The Labute approximate surface area is 165 Å². The van der Waals surface area contributed by atoms with E-state index in [4.69, 9.17) is 21.1 Å². The van der Waals surface area contributed by atoms with Gasteiger partial charge in [-0.3, -0.25) is 4.79 Å². The molecule has 1 atom stereocenters. The first-order valence-corrected chi connectivity index (χ1v) is 9.33. The Hall–Kier alpha value is -2.05. The Morgan fingerprint density at radius 1 is 1.31 bits per heavy atom. The molecule has 5 nitrogen and oxygen atoms in total. The monoisotopic (exact) mass is 436 g/mol. The van der Waals surface area contributed by atoms with Gasteiger partial charge in [-0.1, -0.05) is 29.8 Å². The number of halogens is 2. The van der Waals surface area contributed by atoms with Gasteiger partial charge in [-0.05, 0) is 41.1 Å². The number of para-hydroxylation sites is 1. The molecule has 0 saturated carbocycles. The SMILES string of the molecule is CCOC(=O)CC(c1ccccc1OC)c1c(Cl)nc2ccc(Br)cn12. The van der Waals surface area contributed by atoms with Gasteiger partial charge in [0.1, 0.15) is 11.4 Å². The fourth-order valence-electron chi connectivity index (χ4n) is 3.01. The van der Waals surface area contributed by atoms with Crippen molar-refractivity contribution in [2.45, 2.75) is 19.3 Å². The van der Waals surface area contributed by atoms with Gasteiger partial charge < -0.3 is 13.9 Å². The number of esters is 1. The molecule has 0 fully saturated rings. The quantitative estimate of drug-likeness (QED) is 0.518. The first kappa shape index (κ1) is 18.7. The van der Waals surface area contributed by atoms with Gasteiger partial charge in [0.2, 0.25) is 0 Å². The molecule has 136 valence electrons. The van der Waals surface area contributed by atoms with Gasteiger partial charge in [-0.2, -0.15) is 0 Å². The van der Waals surface area contributed by atoms with E-state index in [0.29, 0.717) is 23.2 Å². The molecule has 0 aliphatic heterocycles. The van der Waals surface area contributed by atoms with E-state index in [2.05, 4.69) is 20.9 Å². The third-order valence-electron chi connectivity index (χ3n) is 4.10. The largest absolute Gasteiger partial charge is 0.496 e. The van der Waals surface area contributed by atoms with Gasteiger partial charge >= 0.3 is 5.97 Å². The summed E-state index contributed by atoms with van der Waals surface area (Å²) in [4.78, 5) is 16.7. The lowest BCUT2D eigenvalue weighted by Gasteiger charge is -2.19. The third kappa shape index (κ3) is 3.71. The minimum atomic E-state index is -0.359. The molecular formula is C19H18BrClN2O3. The molecule has 0 radical (unpaired) electrons. The Bertz CT molecular complexity index is 942. The molecule has 0 amide bonds. The Balaban J connectivity index is 2.19. The zero-order valence-corrected chi connectivity index (χ0v) is 16.8. The van der Waals surface area contributed by atoms with E-state index in [1.165, 1.54) is 0 Å². The summed E-state index contributed by atoms with van der Waals surface area (Å²) in [7, 11) is 1.60. The molecule has 0 N–H and O–H groups in total. The van der Waals surface area contributed by atoms with Crippen LogP contribution in [0.5, 0.6) is 5.75 Å². The Kier molecular flexibility index (Phi) is 5.84. The molecule has 2 heterocycles. The molecule has 0 spiro atoms. The van der Waals surface area contributed by atoms with Gasteiger partial charge in [0.15, 0.2) is 5.15 Å². The van der Waals surface area contributed by atoms with Crippen LogP contribution in [0.15, 0.2) is 47.1 Å². The zero-order valence-electron chi connectivity index (χ0n) is 14.4. The first-order chi connectivity index (χ1) is 12.5. The molecule has 0 saturated heterocycles. The highest BCUT2D eigenvalue weighted by Crippen LogP contribution is 2.38. The van der Waals surface area contributed by atoms with Crippen LogP contribution in [0.2, 0.25) is 5.15 Å². The molecule has 0 aliphatic rings. The molecule has 1 aromatic carbocycles. The molecule has 26 heavy (non-hydrogen) atoms. The minimum absolute atomic E-state index is 0.133. The number of ether oxygens (including phenoxy) is 2. The second-order valence-electron chi connectivity index (χ2n) is 5.67. The number of fused-ring (bicyclic) bond motifs is 1. The average molecular weight is 438 g/mol. The fourth-order valence-corrected chi connectivity index (χ4v) is 3.66. The molecule has 0 bridgehead atoms. The summed E-state index contributed by atoms with van der Waals surface area (Å²) >= 11 is 9.96. The number of imidazole rings is 1. The van der Waals surface area contributed by atoms with Crippen LogP contribution in [0.1, 0.15) is 30.5 Å². The summed E-state index contributed by atoms with van der Waals surface area (Å²) in [5.41, 5.74) is 2.28. The number of aromatic nitrogens is 2. The van der Waals surface area contributed by atoms with Crippen LogP contribution in [0, 0.1) is 0 Å². The van der Waals surface area contributed by atoms with Crippen molar-refractivity contribution < 1.29 is 14.3 Å². The third-order valence-corrected chi connectivity index (χ3v) is 4.84. The van der Waals surface area contributed by atoms with Crippen LogP contribution in [0.25, 0.3) is 5.65 Å². The number of rotatable bonds is 6. The number of carbonyl (C=O) groups excluding carboxylic acids is 1. The predicted molar refractivity (Wildman–Crippen MR) is 104 cm³/mol. The summed E-state index contributed by atoms with van der Waals surface area (Å²) in [5.74, 6) is 0.0224. The first-order valence-electron chi connectivity index (χ1n) is 8.16. The molecule has 7 heteroatoms. The van der Waals surface area contributed by atoms with E-state index in [1.807, 2.05) is 47.0 Å². The summed E-state index contributed by atoms with van der Waals surface area (Å²) in [6.45, 7) is 2.11. The lowest BCUT2D eigenvalue weighted by Crippen LogP contribution is -2.14. The van der Waals surface area contributed by atoms with Crippen molar-refractivity contribution in [2.24, 2.45) is 0 Å². The van der Waals surface area contributed by atoms with E-state index in [9.17, 15) is 4.79 Å². The lowest BCUT2D eigenvalue weighted by molar-refractivity contribution is -0.143. The number of hydrogen-bond acceptors (Lipinski definition) is 4. The van der Waals surface area contributed by atoms with Crippen molar-refractivity contribution >= 4 is 39.1 Å². The molecule has 2 aromatic heterocycles. The van der Waals surface area contributed by atoms with Crippen LogP contribution in [-0.4, -0.2) is 29.1 Å². The van der Waals surface area contributed by atoms with Crippen molar-refractivity contribution in [1.29, 1.82) is 0 Å². The van der Waals surface area contributed by atoms with Gasteiger partial charge in [-0.15, -0.1) is 0 Å². The van der Waals surface area contributed by atoms with E-state index in [0.717, 1.165) is 15.7 Å². The maximum atomic E-state index is 12.3. The smallest absolute Gasteiger partial charge is 0.306 e. The van der Waals surface area contributed by atoms with Crippen LogP contribution in [0.4, 0.5) is 0 Å². The number of methoxy groups -OCH3 is 1. The Morgan fingerprint density at radius 2 is 2.08 bits per heavy atom. The summed E-state index contributed by atoms with van der Waals surface area (Å²) in [5, 5.41) is 0.350. The van der Waals surface area contributed by atoms with Crippen molar-refractivity contribution in [3.63, 3.8) is 0 Å². The standard InChI is InChI=1S/C19H18BrClN2O3/c1-3-26-17(24)10-14(13-6-4-5-7-15(13)25-2)18-19(21)22-16-9-8-12(20)11-23(16)18/h4-9,11,14H,3,10H2,1-2H3. The van der Waals surface area contributed by atoms with Crippen molar-refractivity contribution in [2.75, 3.05) is 13.7 Å². The molecule has 3 aromatic rings. The van der Waals surface area contributed by atoms with Crippen LogP contribution >= 0.6 is 27.5 Å². The number of benzene rings is 1. The highest BCUT2D eigenvalue weighted by atomic mass is 79.9. The van der Waals surface area contributed by atoms with Gasteiger partial charge in [0, 0.05) is 22.2 Å². The van der Waals surface area contributed by atoms with Crippen LogP contribution in [-0.2, 0) is 9.53 Å². The van der Waals surface area contributed by atoms with Crippen molar-refractivity contribution in [3.8, 4) is 5.75 Å². The van der Waals surface area contributed by atoms with Gasteiger partial charge in [-0.25, -0.2) is 4.98 Å². The summed E-state index contributed by atoms with van der Waals surface area (Å²) in [6.07, 6.45) is 2.02. The summed E-state index contributed by atoms with van der Waals surface area (Å²) in [6, 6.07) is 11.3. The normalized spacial score (nSPS) is 12.2. The second kappa shape index (κ2) is 8.10. The van der Waals surface area contributed by atoms with E-state index < -0.39 is 0 Å². The van der Waals surface area contributed by atoms with E-state index in [1.54, 1.807) is 14.0 Å². The molecule has 3 rings (SSSR count). The van der Waals surface area contributed by atoms with E-state index >= 15 is 0 Å². The summed E-state index contributed by atoms with van der Waals surface area (Å²) < 4.78 is 13.5. The molecular weight excluding hydrogens is 420 g/mol.